The molecule has 3 heteroatoms. The lowest BCUT2D eigenvalue weighted by Crippen LogP contribution is -2.14. The van der Waals surface area contributed by atoms with Crippen molar-refractivity contribution >= 4 is 17.0 Å². The van der Waals surface area contributed by atoms with Gasteiger partial charge in [-0.3, -0.25) is 0 Å². The van der Waals surface area contributed by atoms with Crippen molar-refractivity contribution < 1.29 is 0 Å². The molecule has 0 aliphatic heterocycles. The number of aromatic nitrogens is 2. The number of rotatable bonds is 7. The molecule has 0 bridgehead atoms. The molecule has 0 spiro atoms. The fourth-order valence-corrected chi connectivity index (χ4v) is 2.22. The Hall–Kier alpha value is -1.51. The van der Waals surface area contributed by atoms with Crippen LogP contribution in [-0.4, -0.2) is 16.5 Å². The minimum absolute atomic E-state index is 0.748. The van der Waals surface area contributed by atoms with E-state index in [0.29, 0.717) is 0 Å². The fraction of sp³-hybridized carbons (Fsp3) is 0.533. The number of benzene rings is 1. The van der Waals surface area contributed by atoms with Gasteiger partial charge in [-0.15, -0.1) is 0 Å². The van der Waals surface area contributed by atoms with Crippen molar-refractivity contribution in [2.24, 2.45) is 5.92 Å². The first-order chi connectivity index (χ1) is 8.83. The molecule has 1 heterocycles. The Balaban J connectivity index is 1.92. The third-order valence-electron chi connectivity index (χ3n) is 3.49. The molecule has 3 nitrogen and oxygen atoms in total. The molecule has 2 rings (SSSR count). The Morgan fingerprint density at radius 2 is 2.11 bits per heavy atom. The van der Waals surface area contributed by atoms with Crippen LogP contribution < -0.4 is 5.32 Å². The van der Waals surface area contributed by atoms with Gasteiger partial charge in [0, 0.05) is 6.54 Å². The summed E-state index contributed by atoms with van der Waals surface area (Å²) in [5.74, 6) is 1.64. The zero-order valence-corrected chi connectivity index (χ0v) is 11.4. The fourth-order valence-electron chi connectivity index (χ4n) is 2.22. The number of para-hydroxylation sites is 2. The highest BCUT2D eigenvalue weighted by molar-refractivity contribution is 5.77. The molecule has 98 valence electrons. The summed E-state index contributed by atoms with van der Waals surface area (Å²) in [6.07, 6.45) is 5.13. The number of imidazole rings is 1. The average molecular weight is 245 g/mol. The van der Waals surface area contributed by atoms with Crippen LogP contribution >= 0.6 is 0 Å². The zero-order valence-electron chi connectivity index (χ0n) is 11.4. The number of hydrogen-bond donors (Lipinski definition) is 2. The van der Waals surface area contributed by atoms with Crippen LogP contribution in [0.1, 0.15) is 39.5 Å². The highest BCUT2D eigenvalue weighted by atomic mass is 15.1. The van der Waals surface area contributed by atoms with Gasteiger partial charge in [-0.25, -0.2) is 4.98 Å². The first-order valence-electron chi connectivity index (χ1n) is 7.02. The molecule has 0 radical (unpaired) electrons. The van der Waals surface area contributed by atoms with Gasteiger partial charge < -0.3 is 10.3 Å². The predicted octanol–water partition coefficient (Wildman–Crippen LogP) is 4.19. The normalized spacial score (nSPS) is 12.8. The third-order valence-corrected chi connectivity index (χ3v) is 3.49. The van der Waals surface area contributed by atoms with E-state index in [-0.39, 0.29) is 0 Å². The van der Waals surface area contributed by atoms with Crippen molar-refractivity contribution in [3.05, 3.63) is 24.3 Å². The highest BCUT2D eigenvalue weighted by Crippen LogP contribution is 2.16. The summed E-state index contributed by atoms with van der Waals surface area (Å²) < 4.78 is 0. The quantitative estimate of drug-likeness (QED) is 0.768. The van der Waals surface area contributed by atoms with Gasteiger partial charge in [0.2, 0.25) is 5.95 Å². The lowest BCUT2D eigenvalue weighted by molar-refractivity contribution is 0.472. The number of aromatic amines is 1. The summed E-state index contributed by atoms with van der Waals surface area (Å²) >= 11 is 0. The molecule has 2 aromatic rings. The monoisotopic (exact) mass is 245 g/mol. The van der Waals surface area contributed by atoms with E-state index in [0.717, 1.165) is 29.4 Å². The number of anilines is 1. The smallest absolute Gasteiger partial charge is 0.201 e. The van der Waals surface area contributed by atoms with E-state index >= 15 is 0 Å². The second-order valence-corrected chi connectivity index (χ2v) is 4.90. The highest BCUT2D eigenvalue weighted by Gasteiger charge is 2.07. The van der Waals surface area contributed by atoms with Gasteiger partial charge in [0.25, 0.3) is 0 Å². The van der Waals surface area contributed by atoms with Gasteiger partial charge >= 0.3 is 0 Å². The topological polar surface area (TPSA) is 40.7 Å². The van der Waals surface area contributed by atoms with Gasteiger partial charge in [-0.1, -0.05) is 45.2 Å². The molecule has 0 fully saturated rings. The van der Waals surface area contributed by atoms with Crippen LogP contribution in [-0.2, 0) is 0 Å². The summed E-state index contributed by atoms with van der Waals surface area (Å²) in [6, 6.07) is 8.14. The largest absolute Gasteiger partial charge is 0.356 e. The average Bonchev–Trinajstić information content (AvgIpc) is 2.81. The summed E-state index contributed by atoms with van der Waals surface area (Å²) in [6.45, 7) is 5.52. The summed E-state index contributed by atoms with van der Waals surface area (Å²) in [5.41, 5.74) is 2.13. The van der Waals surface area contributed by atoms with Crippen molar-refractivity contribution in [3.63, 3.8) is 0 Å². The van der Waals surface area contributed by atoms with E-state index < -0.39 is 0 Å². The molecule has 1 unspecified atom stereocenters. The van der Waals surface area contributed by atoms with E-state index in [4.69, 9.17) is 0 Å². The van der Waals surface area contributed by atoms with Crippen molar-refractivity contribution in [2.45, 2.75) is 39.5 Å². The van der Waals surface area contributed by atoms with Crippen molar-refractivity contribution in [2.75, 3.05) is 11.9 Å². The van der Waals surface area contributed by atoms with Gasteiger partial charge in [-0.2, -0.15) is 0 Å². The van der Waals surface area contributed by atoms with Crippen LogP contribution in [0.3, 0.4) is 0 Å². The Morgan fingerprint density at radius 1 is 1.28 bits per heavy atom. The molecular weight excluding hydrogens is 222 g/mol. The summed E-state index contributed by atoms with van der Waals surface area (Å²) in [4.78, 5) is 7.84. The Kier molecular flexibility index (Phi) is 4.62. The first-order valence-corrected chi connectivity index (χ1v) is 7.02. The first kappa shape index (κ1) is 12.9. The molecule has 2 N–H and O–H groups in total. The SMILES string of the molecule is CCCCC(CC)CNc1nc2ccccc2[nH]1. The summed E-state index contributed by atoms with van der Waals surface area (Å²) in [7, 11) is 0. The molecular formula is C15H23N3. The molecule has 0 amide bonds. The minimum atomic E-state index is 0.748. The maximum Gasteiger partial charge on any atom is 0.201 e. The van der Waals surface area contributed by atoms with Crippen LogP contribution in [0, 0.1) is 5.92 Å². The van der Waals surface area contributed by atoms with E-state index in [9.17, 15) is 0 Å². The molecule has 0 saturated heterocycles. The van der Waals surface area contributed by atoms with Gasteiger partial charge in [-0.05, 0) is 24.5 Å². The number of H-pyrrole nitrogens is 1. The van der Waals surface area contributed by atoms with E-state index in [1.54, 1.807) is 0 Å². The van der Waals surface area contributed by atoms with Crippen molar-refractivity contribution in [1.29, 1.82) is 0 Å². The molecule has 1 atom stereocenters. The maximum absolute atomic E-state index is 4.53. The van der Waals surface area contributed by atoms with E-state index in [2.05, 4.69) is 35.2 Å². The van der Waals surface area contributed by atoms with Crippen LogP contribution in [0.4, 0.5) is 5.95 Å². The van der Waals surface area contributed by atoms with Crippen LogP contribution in [0.25, 0.3) is 11.0 Å². The molecule has 18 heavy (non-hydrogen) atoms. The van der Waals surface area contributed by atoms with Crippen LogP contribution in [0.15, 0.2) is 24.3 Å². The Bertz CT molecular complexity index is 442. The minimum Gasteiger partial charge on any atom is -0.356 e. The van der Waals surface area contributed by atoms with Gasteiger partial charge in [0.05, 0.1) is 11.0 Å². The Labute approximate surface area is 109 Å². The molecule has 1 aromatic heterocycles. The second kappa shape index (κ2) is 6.43. The number of nitrogens with zero attached hydrogens (tertiary/aromatic N) is 1. The molecule has 0 aliphatic rings. The predicted molar refractivity (Wildman–Crippen MR) is 77.9 cm³/mol. The third kappa shape index (κ3) is 3.25. The number of hydrogen-bond acceptors (Lipinski definition) is 2. The van der Waals surface area contributed by atoms with Gasteiger partial charge in [0.1, 0.15) is 0 Å². The lowest BCUT2D eigenvalue weighted by atomic mass is 9.99. The van der Waals surface area contributed by atoms with Crippen molar-refractivity contribution in [3.8, 4) is 0 Å². The zero-order chi connectivity index (χ0) is 12.8. The second-order valence-electron chi connectivity index (χ2n) is 4.90. The molecule has 0 saturated carbocycles. The maximum atomic E-state index is 4.53. The van der Waals surface area contributed by atoms with Crippen LogP contribution in [0.5, 0.6) is 0 Å². The summed E-state index contributed by atoms with van der Waals surface area (Å²) in [5, 5.41) is 3.43. The molecule has 0 aliphatic carbocycles. The van der Waals surface area contributed by atoms with E-state index in [1.165, 1.54) is 25.7 Å². The number of unbranched alkanes of at least 4 members (excludes halogenated alkanes) is 1. The van der Waals surface area contributed by atoms with Gasteiger partial charge in [0.15, 0.2) is 0 Å². The Morgan fingerprint density at radius 3 is 2.83 bits per heavy atom. The number of nitrogens with one attached hydrogen (secondary N) is 2. The van der Waals surface area contributed by atoms with Crippen molar-refractivity contribution in [1.82, 2.24) is 9.97 Å². The molecule has 1 aromatic carbocycles. The lowest BCUT2D eigenvalue weighted by Gasteiger charge is -2.14. The van der Waals surface area contributed by atoms with Crippen LogP contribution in [0.2, 0.25) is 0 Å². The van der Waals surface area contributed by atoms with E-state index in [1.807, 2.05) is 18.2 Å². The number of fused-ring (bicyclic) bond motifs is 1. The standard InChI is InChI=1S/C15H23N3/c1-3-5-8-12(4-2)11-16-15-17-13-9-6-7-10-14(13)18-15/h6-7,9-10,12H,3-5,8,11H2,1-2H3,(H2,16,17,18).